The van der Waals surface area contributed by atoms with Crippen LogP contribution in [0.2, 0.25) is 5.02 Å². The van der Waals surface area contributed by atoms with E-state index in [0.717, 1.165) is 12.1 Å². The minimum atomic E-state index is -4.77. The van der Waals surface area contributed by atoms with Gasteiger partial charge in [-0.1, -0.05) is 23.7 Å². The largest absolute Gasteiger partial charge is 0.573 e. The fraction of sp³-hybridized carbons (Fsp3) is 0.364. The maximum Gasteiger partial charge on any atom is 0.573 e. The Labute approximate surface area is 194 Å². The average Bonchev–Trinajstić information content (AvgIpc) is 2.76. The quantitative estimate of drug-likeness (QED) is 0.625. The summed E-state index contributed by atoms with van der Waals surface area (Å²) >= 11 is 6.06. The minimum absolute atomic E-state index is 0.166. The SMILES string of the molecule is CC(C(=O)Nc1ccc(OC(F)(F)F)cc1)N1CCN(CC(=O)Nc2ccccc2Cl)CC1. The molecule has 0 aliphatic carbocycles. The molecule has 1 aliphatic heterocycles. The number of para-hydroxylation sites is 1. The Hall–Kier alpha value is -2.82. The second kappa shape index (κ2) is 10.9. The van der Waals surface area contributed by atoms with Gasteiger partial charge in [0.2, 0.25) is 11.8 Å². The van der Waals surface area contributed by atoms with Gasteiger partial charge >= 0.3 is 6.36 Å². The van der Waals surface area contributed by atoms with Crippen LogP contribution in [-0.4, -0.2) is 66.7 Å². The normalized spacial score (nSPS) is 16.2. The van der Waals surface area contributed by atoms with Crippen molar-refractivity contribution in [1.29, 1.82) is 0 Å². The van der Waals surface area contributed by atoms with Gasteiger partial charge in [-0.3, -0.25) is 19.4 Å². The van der Waals surface area contributed by atoms with Crippen LogP contribution >= 0.6 is 11.6 Å². The number of nitrogens with zero attached hydrogens (tertiary/aromatic N) is 2. The van der Waals surface area contributed by atoms with Gasteiger partial charge in [0.1, 0.15) is 5.75 Å². The van der Waals surface area contributed by atoms with Gasteiger partial charge in [-0.05, 0) is 43.3 Å². The molecule has 1 atom stereocenters. The smallest absolute Gasteiger partial charge is 0.406 e. The molecule has 7 nitrogen and oxygen atoms in total. The molecule has 0 saturated carbocycles. The van der Waals surface area contributed by atoms with Crippen molar-refractivity contribution in [2.24, 2.45) is 0 Å². The van der Waals surface area contributed by atoms with Crippen molar-refractivity contribution < 1.29 is 27.5 Å². The number of ether oxygens (including phenoxy) is 1. The van der Waals surface area contributed by atoms with Gasteiger partial charge in [0, 0.05) is 31.9 Å². The standard InChI is InChI=1S/C22H24ClF3N4O3/c1-15(21(32)27-16-6-8-17(9-7-16)33-22(24,25)26)30-12-10-29(11-13-30)14-20(31)28-19-5-3-2-4-18(19)23/h2-9,15H,10-14H2,1H3,(H,27,32)(H,28,31). The highest BCUT2D eigenvalue weighted by Crippen LogP contribution is 2.24. The second-order valence-corrected chi connectivity index (χ2v) is 7.98. The van der Waals surface area contributed by atoms with Gasteiger partial charge in [0.15, 0.2) is 0 Å². The van der Waals surface area contributed by atoms with Gasteiger partial charge in [0.05, 0.1) is 23.3 Å². The van der Waals surface area contributed by atoms with Crippen LogP contribution in [0.1, 0.15) is 6.92 Å². The van der Waals surface area contributed by atoms with E-state index >= 15 is 0 Å². The van der Waals surface area contributed by atoms with Crippen molar-refractivity contribution in [3.8, 4) is 5.75 Å². The molecule has 1 unspecified atom stereocenters. The van der Waals surface area contributed by atoms with Crippen molar-refractivity contribution in [1.82, 2.24) is 9.80 Å². The maximum absolute atomic E-state index is 12.6. The topological polar surface area (TPSA) is 73.9 Å². The molecule has 2 N–H and O–H groups in total. The molecule has 33 heavy (non-hydrogen) atoms. The van der Waals surface area contributed by atoms with E-state index in [0.29, 0.717) is 42.6 Å². The number of alkyl halides is 3. The van der Waals surface area contributed by atoms with E-state index in [1.54, 1.807) is 31.2 Å². The predicted molar refractivity (Wildman–Crippen MR) is 119 cm³/mol. The Morgan fingerprint density at radius 1 is 1.03 bits per heavy atom. The molecule has 2 amide bonds. The lowest BCUT2D eigenvalue weighted by Crippen LogP contribution is -2.53. The van der Waals surface area contributed by atoms with Crippen LogP contribution < -0.4 is 15.4 Å². The number of carbonyl (C=O) groups is 2. The summed E-state index contributed by atoms with van der Waals surface area (Å²) in [4.78, 5) is 28.8. The van der Waals surface area contributed by atoms with E-state index in [1.807, 2.05) is 9.80 Å². The highest BCUT2D eigenvalue weighted by atomic mass is 35.5. The monoisotopic (exact) mass is 484 g/mol. The van der Waals surface area contributed by atoms with E-state index in [2.05, 4.69) is 15.4 Å². The third kappa shape index (κ3) is 7.62. The number of carbonyl (C=O) groups excluding carboxylic acids is 2. The fourth-order valence-electron chi connectivity index (χ4n) is 3.42. The van der Waals surface area contributed by atoms with Crippen molar-refractivity contribution in [2.75, 3.05) is 43.4 Å². The lowest BCUT2D eigenvalue weighted by atomic mass is 10.2. The first-order chi connectivity index (χ1) is 15.6. The number of piperazine rings is 1. The van der Waals surface area contributed by atoms with Crippen molar-refractivity contribution in [3.05, 3.63) is 53.6 Å². The van der Waals surface area contributed by atoms with E-state index in [9.17, 15) is 22.8 Å². The zero-order valence-corrected chi connectivity index (χ0v) is 18.6. The van der Waals surface area contributed by atoms with Crippen LogP contribution in [0.5, 0.6) is 5.75 Å². The summed E-state index contributed by atoms with van der Waals surface area (Å²) in [5.74, 6) is -0.798. The third-order valence-electron chi connectivity index (χ3n) is 5.20. The molecule has 2 aromatic rings. The Morgan fingerprint density at radius 2 is 1.67 bits per heavy atom. The van der Waals surface area contributed by atoms with Gasteiger partial charge in [-0.2, -0.15) is 0 Å². The first-order valence-corrected chi connectivity index (χ1v) is 10.7. The first kappa shape index (κ1) is 24.8. The number of nitrogens with one attached hydrogen (secondary N) is 2. The summed E-state index contributed by atoms with van der Waals surface area (Å²) in [5.41, 5.74) is 0.933. The van der Waals surface area contributed by atoms with Crippen molar-refractivity contribution in [2.45, 2.75) is 19.3 Å². The summed E-state index contributed by atoms with van der Waals surface area (Å²) in [5, 5.41) is 5.96. The number of halogens is 4. The number of rotatable bonds is 7. The molecular formula is C22H24ClF3N4O3. The van der Waals surface area contributed by atoms with Crippen LogP contribution in [0.3, 0.4) is 0 Å². The summed E-state index contributed by atoms with van der Waals surface area (Å²) in [6.45, 7) is 4.37. The number of hydrogen-bond acceptors (Lipinski definition) is 5. The molecule has 2 aromatic carbocycles. The van der Waals surface area contributed by atoms with E-state index in [4.69, 9.17) is 11.6 Å². The minimum Gasteiger partial charge on any atom is -0.406 e. The fourth-order valence-corrected chi connectivity index (χ4v) is 3.60. The Kier molecular flexibility index (Phi) is 8.17. The van der Waals surface area contributed by atoms with Gasteiger partial charge in [0.25, 0.3) is 0 Å². The Bertz CT molecular complexity index is 964. The Morgan fingerprint density at radius 3 is 2.27 bits per heavy atom. The highest BCUT2D eigenvalue weighted by Gasteiger charge is 2.31. The highest BCUT2D eigenvalue weighted by molar-refractivity contribution is 6.33. The number of amides is 2. The molecule has 1 saturated heterocycles. The second-order valence-electron chi connectivity index (χ2n) is 7.58. The first-order valence-electron chi connectivity index (χ1n) is 10.3. The summed E-state index contributed by atoms with van der Waals surface area (Å²) in [7, 11) is 0. The van der Waals surface area contributed by atoms with Gasteiger partial charge in [-0.25, -0.2) is 0 Å². The van der Waals surface area contributed by atoms with Crippen LogP contribution in [0.25, 0.3) is 0 Å². The lowest BCUT2D eigenvalue weighted by molar-refractivity contribution is -0.274. The number of benzene rings is 2. The zero-order valence-electron chi connectivity index (χ0n) is 17.9. The zero-order chi connectivity index (χ0) is 24.0. The van der Waals surface area contributed by atoms with Crippen LogP contribution in [0.15, 0.2) is 48.5 Å². The third-order valence-corrected chi connectivity index (χ3v) is 5.53. The molecule has 3 rings (SSSR count). The average molecular weight is 485 g/mol. The molecule has 1 fully saturated rings. The predicted octanol–water partition coefficient (Wildman–Crippen LogP) is 3.82. The van der Waals surface area contributed by atoms with E-state index in [1.165, 1.54) is 12.1 Å². The summed E-state index contributed by atoms with van der Waals surface area (Å²) in [6, 6.07) is 11.5. The van der Waals surface area contributed by atoms with Crippen LogP contribution in [0.4, 0.5) is 24.5 Å². The molecule has 0 bridgehead atoms. The summed E-state index contributed by atoms with van der Waals surface area (Å²) < 4.78 is 40.6. The molecule has 1 aliphatic rings. The molecule has 0 radical (unpaired) electrons. The molecule has 0 spiro atoms. The molecular weight excluding hydrogens is 461 g/mol. The number of hydrogen-bond donors (Lipinski definition) is 2. The molecule has 11 heteroatoms. The van der Waals surface area contributed by atoms with Crippen LogP contribution in [-0.2, 0) is 9.59 Å². The molecule has 0 aromatic heterocycles. The molecule has 178 valence electrons. The van der Waals surface area contributed by atoms with Crippen LogP contribution in [0, 0.1) is 0 Å². The summed E-state index contributed by atoms with van der Waals surface area (Å²) in [6.07, 6.45) is -4.77. The van der Waals surface area contributed by atoms with Crippen molar-refractivity contribution in [3.63, 3.8) is 0 Å². The van der Waals surface area contributed by atoms with E-state index in [-0.39, 0.29) is 24.1 Å². The Balaban J connectivity index is 1.43. The van der Waals surface area contributed by atoms with E-state index < -0.39 is 12.4 Å². The van der Waals surface area contributed by atoms with Gasteiger partial charge in [-0.15, -0.1) is 13.2 Å². The molecule has 1 heterocycles. The number of anilines is 2. The van der Waals surface area contributed by atoms with Gasteiger partial charge < -0.3 is 15.4 Å². The maximum atomic E-state index is 12.6. The lowest BCUT2D eigenvalue weighted by Gasteiger charge is -2.37. The van der Waals surface area contributed by atoms with Crippen molar-refractivity contribution >= 4 is 34.8 Å².